The maximum absolute atomic E-state index is 13.7. The number of halogens is 1. The second-order valence-electron chi connectivity index (χ2n) is 6.81. The van der Waals surface area contributed by atoms with Crippen molar-refractivity contribution in [3.8, 4) is 5.75 Å². The van der Waals surface area contributed by atoms with E-state index in [1.54, 1.807) is 6.92 Å². The molecular weight excluding hydrogens is 450 g/mol. The Morgan fingerprint density at radius 3 is 2.77 bits per heavy atom. The first-order valence-corrected chi connectivity index (χ1v) is 11.8. The first-order valence-electron chi connectivity index (χ1n) is 9.46. The van der Waals surface area contributed by atoms with Gasteiger partial charge in [-0.3, -0.25) is 9.80 Å². The molecular formula is C18H22FN4O6PS. The van der Waals surface area contributed by atoms with E-state index in [-0.39, 0.29) is 27.9 Å². The predicted molar refractivity (Wildman–Crippen MR) is 113 cm³/mol. The van der Waals surface area contributed by atoms with Crippen LogP contribution in [-0.2, 0) is 9.36 Å². The predicted octanol–water partition coefficient (Wildman–Crippen LogP) is 2.65. The number of carbonyl (C=O) groups excluding carboxylic acids is 2. The Kier molecular flexibility index (Phi) is 7.17. The van der Waals surface area contributed by atoms with Crippen LogP contribution in [0, 0.1) is 5.82 Å². The van der Waals surface area contributed by atoms with Crippen LogP contribution in [0.3, 0.4) is 0 Å². The monoisotopic (exact) mass is 472 g/mol. The zero-order chi connectivity index (χ0) is 22.8. The van der Waals surface area contributed by atoms with Crippen LogP contribution in [0.15, 0.2) is 28.1 Å². The number of carbonyl (C=O) groups is 2. The molecule has 1 fully saturated rings. The standard InChI is InChI=1S/C18H22FN4O6PS/c1-3-21(2)18(25)29-14-11-13(19)7-6-12(14)10-15-16(24)20-17(31-15)22-8-4-5-9-23(22)30(26,27)28/h6-7,10-11H,3-5,8-9H2,1-2H3,(H2,26,27,28)/b15-10-. The largest absolute Gasteiger partial charge is 0.420 e. The molecule has 0 aliphatic carbocycles. The van der Waals surface area contributed by atoms with Gasteiger partial charge in [-0.05, 0) is 49.7 Å². The lowest BCUT2D eigenvalue weighted by atomic mass is 10.2. The van der Waals surface area contributed by atoms with Crippen LogP contribution in [-0.4, -0.2) is 68.3 Å². The van der Waals surface area contributed by atoms with Crippen molar-refractivity contribution in [1.29, 1.82) is 0 Å². The van der Waals surface area contributed by atoms with E-state index in [4.69, 9.17) is 4.74 Å². The third-order valence-corrected chi connectivity index (χ3v) is 6.65. The zero-order valence-corrected chi connectivity index (χ0v) is 18.6. The van der Waals surface area contributed by atoms with Gasteiger partial charge in [0.2, 0.25) is 0 Å². The number of rotatable bonds is 4. The van der Waals surface area contributed by atoms with Gasteiger partial charge in [0.25, 0.3) is 5.91 Å². The van der Waals surface area contributed by atoms with Crippen molar-refractivity contribution in [2.75, 3.05) is 26.7 Å². The Hall–Kier alpha value is -2.24. The number of hydrazine groups is 1. The van der Waals surface area contributed by atoms with E-state index in [9.17, 15) is 28.3 Å². The van der Waals surface area contributed by atoms with Gasteiger partial charge >= 0.3 is 13.8 Å². The van der Waals surface area contributed by atoms with Crippen LogP contribution in [0.2, 0.25) is 0 Å². The maximum Gasteiger partial charge on any atom is 0.420 e. The highest BCUT2D eigenvalue weighted by molar-refractivity contribution is 8.18. The van der Waals surface area contributed by atoms with Gasteiger partial charge in [-0.15, -0.1) is 4.78 Å². The van der Waals surface area contributed by atoms with Gasteiger partial charge in [0, 0.05) is 38.3 Å². The summed E-state index contributed by atoms with van der Waals surface area (Å²) in [4.78, 5) is 49.1. The Morgan fingerprint density at radius 1 is 1.39 bits per heavy atom. The van der Waals surface area contributed by atoms with E-state index in [1.807, 2.05) is 0 Å². The lowest BCUT2D eigenvalue weighted by Crippen LogP contribution is -2.47. The molecule has 0 saturated carbocycles. The highest BCUT2D eigenvalue weighted by Gasteiger charge is 2.38. The number of amidine groups is 1. The molecule has 1 aromatic carbocycles. The lowest BCUT2D eigenvalue weighted by Gasteiger charge is -2.38. The summed E-state index contributed by atoms with van der Waals surface area (Å²) in [7, 11) is -3.04. The molecule has 31 heavy (non-hydrogen) atoms. The zero-order valence-electron chi connectivity index (χ0n) is 16.9. The summed E-state index contributed by atoms with van der Waals surface area (Å²) in [6.07, 6.45) is 2.02. The number of hydrogen-bond acceptors (Lipinski definition) is 6. The Labute approximate surface area is 182 Å². The molecule has 10 nitrogen and oxygen atoms in total. The number of thioether (sulfide) groups is 1. The van der Waals surface area contributed by atoms with Crippen LogP contribution >= 0.6 is 19.5 Å². The van der Waals surface area contributed by atoms with Gasteiger partial charge in [0.15, 0.2) is 5.17 Å². The van der Waals surface area contributed by atoms with Gasteiger partial charge in [0.05, 0.1) is 4.91 Å². The van der Waals surface area contributed by atoms with E-state index < -0.39 is 25.6 Å². The van der Waals surface area contributed by atoms with E-state index in [0.717, 1.165) is 22.6 Å². The fourth-order valence-corrected chi connectivity index (χ4v) is 4.74. The smallest absolute Gasteiger partial charge is 0.409 e. The maximum atomic E-state index is 13.7. The summed E-state index contributed by atoms with van der Waals surface area (Å²) in [5.41, 5.74) is 0.289. The van der Waals surface area contributed by atoms with Crippen molar-refractivity contribution < 1.29 is 33.1 Å². The fraction of sp³-hybridized carbons (Fsp3) is 0.389. The molecule has 2 amide bonds. The molecule has 2 heterocycles. The highest BCUT2D eigenvalue weighted by Crippen LogP contribution is 2.45. The van der Waals surface area contributed by atoms with E-state index >= 15 is 0 Å². The summed E-state index contributed by atoms with van der Waals surface area (Å²) < 4.78 is 31.7. The van der Waals surface area contributed by atoms with Gasteiger partial charge in [-0.2, -0.15) is 4.99 Å². The van der Waals surface area contributed by atoms with Crippen molar-refractivity contribution in [1.82, 2.24) is 14.7 Å². The Balaban J connectivity index is 1.85. The first-order chi connectivity index (χ1) is 14.6. The molecule has 13 heteroatoms. The fourth-order valence-electron chi connectivity index (χ4n) is 2.88. The molecule has 0 radical (unpaired) electrons. The van der Waals surface area contributed by atoms with Gasteiger partial charge in [-0.1, -0.05) is 0 Å². The van der Waals surface area contributed by atoms with Crippen LogP contribution in [0.25, 0.3) is 6.08 Å². The summed E-state index contributed by atoms with van der Waals surface area (Å²) in [6, 6.07) is 3.57. The minimum Gasteiger partial charge on any atom is -0.409 e. The van der Waals surface area contributed by atoms with E-state index in [0.29, 0.717) is 25.9 Å². The van der Waals surface area contributed by atoms with Gasteiger partial charge in [-0.25, -0.2) is 13.8 Å². The molecule has 0 bridgehead atoms. The number of hydrogen-bond donors (Lipinski definition) is 2. The molecule has 0 aromatic heterocycles. The lowest BCUT2D eigenvalue weighted by molar-refractivity contribution is -0.113. The van der Waals surface area contributed by atoms with Crippen molar-refractivity contribution in [3.63, 3.8) is 0 Å². The van der Waals surface area contributed by atoms with Crippen LogP contribution < -0.4 is 4.74 Å². The summed E-state index contributed by atoms with van der Waals surface area (Å²) in [5.74, 6) is -1.28. The average Bonchev–Trinajstić information content (AvgIpc) is 3.09. The number of ether oxygens (including phenoxy) is 1. The van der Waals surface area contributed by atoms with Crippen LogP contribution in [0.1, 0.15) is 25.3 Å². The number of amides is 2. The van der Waals surface area contributed by atoms with Crippen LogP contribution in [0.4, 0.5) is 9.18 Å². The van der Waals surface area contributed by atoms with Crippen molar-refractivity contribution >= 4 is 42.8 Å². The number of aliphatic imine (C=N–C) groups is 1. The molecule has 0 unspecified atom stereocenters. The molecule has 1 aromatic rings. The van der Waals surface area contributed by atoms with Gasteiger partial charge < -0.3 is 19.4 Å². The molecule has 1 saturated heterocycles. The average molecular weight is 472 g/mol. The summed E-state index contributed by atoms with van der Waals surface area (Å²) >= 11 is 0.940. The molecule has 168 valence electrons. The summed E-state index contributed by atoms with van der Waals surface area (Å²) in [6.45, 7) is 2.59. The first kappa shape index (κ1) is 23.4. The second-order valence-corrected chi connectivity index (χ2v) is 9.31. The van der Waals surface area contributed by atoms with E-state index in [2.05, 4.69) is 4.99 Å². The summed E-state index contributed by atoms with van der Waals surface area (Å²) in [5, 5.41) is 1.46. The molecule has 3 rings (SSSR count). The minimum atomic E-state index is -4.57. The minimum absolute atomic E-state index is 0.0607. The number of nitrogens with zero attached hydrogens (tertiary/aromatic N) is 4. The Morgan fingerprint density at radius 2 is 2.10 bits per heavy atom. The third-order valence-electron chi connectivity index (χ3n) is 4.63. The highest BCUT2D eigenvalue weighted by atomic mass is 32.2. The SMILES string of the molecule is CCN(C)C(=O)Oc1cc(F)ccc1/C=C1\SC(N2CCCCN2P(=O)(O)O)=NC1=O. The molecule has 2 aliphatic rings. The van der Waals surface area contributed by atoms with Crippen molar-refractivity contribution in [2.45, 2.75) is 19.8 Å². The van der Waals surface area contributed by atoms with E-state index in [1.165, 1.54) is 35.2 Å². The van der Waals surface area contributed by atoms with Crippen LogP contribution in [0.5, 0.6) is 5.75 Å². The van der Waals surface area contributed by atoms with Crippen molar-refractivity contribution in [3.05, 3.63) is 34.5 Å². The second kappa shape index (κ2) is 9.49. The third kappa shape index (κ3) is 5.52. The van der Waals surface area contributed by atoms with Gasteiger partial charge in [0.1, 0.15) is 11.6 Å². The Bertz CT molecular complexity index is 997. The molecule has 2 aliphatic heterocycles. The topological polar surface area (TPSA) is 123 Å². The molecule has 0 atom stereocenters. The number of benzene rings is 1. The quantitative estimate of drug-likeness (QED) is 0.503. The molecule has 2 N–H and O–H groups in total. The van der Waals surface area contributed by atoms with Crippen molar-refractivity contribution in [2.24, 2.45) is 4.99 Å². The normalized spacial score (nSPS) is 19.0. The molecule has 0 spiro atoms.